The average Bonchev–Trinajstić information content (AvgIpc) is 2.62. The van der Waals surface area contributed by atoms with E-state index < -0.39 is 13.4 Å². The molecule has 1 atom stereocenters. The highest BCUT2D eigenvalue weighted by molar-refractivity contribution is 7.56. The second-order valence-corrected chi connectivity index (χ2v) is 8.41. The first-order chi connectivity index (χ1) is 11.6. The molecule has 1 aliphatic heterocycles. The summed E-state index contributed by atoms with van der Waals surface area (Å²) in [6.07, 6.45) is 1.67. The van der Waals surface area contributed by atoms with E-state index in [0.29, 0.717) is 25.7 Å². The molecule has 0 spiro atoms. The number of benzene rings is 2. The quantitative estimate of drug-likeness (QED) is 0.493. The van der Waals surface area contributed by atoms with E-state index in [1.54, 1.807) is 10.2 Å². The number of aryl methyl sites for hydroxylation is 1. The maximum Gasteiger partial charge on any atom is 0.273 e. The van der Waals surface area contributed by atoms with E-state index in [9.17, 15) is 9.36 Å². The van der Waals surface area contributed by atoms with Crippen LogP contribution in [0.3, 0.4) is 0 Å². The summed E-state index contributed by atoms with van der Waals surface area (Å²) >= 11 is 0. The van der Waals surface area contributed by atoms with Crippen LogP contribution in [0.2, 0.25) is 0 Å². The van der Waals surface area contributed by atoms with E-state index in [1.165, 1.54) is 0 Å². The molecule has 128 valence electrons. The first-order valence-electron chi connectivity index (χ1n) is 8.01. The molecule has 1 fully saturated rings. The van der Waals surface area contributed by atoms with E-state index in [0.717, 1.165) is 22.8 Å². The molecule has 2 aromatic rings. The molecule has 1 unspecified atom stereocenters. The van der Waals surface area contributed by atoms with Crippen LogP contribution in [0.25, 0.3) is 10.8 Å². The van der Waals surface area contributed by atoms with Crippen molar-refractivity contribution in [1.29, 1.82) is 0 Å². The Kier molecular flexibility index (Phi) is 5.31. The Balaban J connectivity index is 1.77. The van der Waals surface area contributed by atoms with E-state index in [2.05, 4.69) is 18.2 Å². The number of hydrogen-bond donors (Lipinski definition) is 2. The van der Waals surface area contributed by atoms with E-state index in [-0.39, 0.29) is 6.54 Å². The summed E-state index contributed by atoms with van der Waals surface area (Å²) in [5, 5.41) is 11.0. The number of hydrogen-bond acceptors (Lipinski definition) is 4. The minimum absolute atomic E-state index is 0.122. The molecule has 0 saturated carbocycles. The second-order valence-electron chi connectivity index (χ2n) is 5.86. The van der Waals surface area contributed by atoms with Crippen LogP contribution in [0.15, 0.2) is 42.5 Å². The Hall–Kier alpha value is -1.72. The smallest absolute Gasteiger partial charge is 0.273 e. The first kappa shape index (κ1) is 17.1. The maximum absolute atomic E-state index is 13.2. The van der Waals surface area contributed by atoms with E-state index >= 15 is 0 Å². The van der Waals surface area contributed by atoms with Crippen molar-refractivity contribution >= 4 is 24.2 Å². The SMILES string of the molecule is O=C(CN1CCCOP1(=O)CCc1cccc2ccccc12)NO. The maximum atomic E-state index is 13.2. The van der Waals surface area contributed by atoms with Crippen LogP contribution in [0, 0.1) is 0 Å². The average molecular weight is 348 g/mol. The van der Waals surface area contributed by atoms with Crippen LogP contribution in [0.4, 0.5) is 0 Å². The summed E-state index contributed by atoms with van der Waals surface area (Å²) in [4.78, 5) is 11.4. The predicted molar refractivity (Wildman–Crippen MR) is 92.2 cm³/mol. The zero-order valence-corrected chi connectivity index (χ0v) is 14.2. The molecule has 2 aromatic carbocycles. The van der Waals surface area contributed by atoms with Gasteiger partial charge in [-0.3, -0.25) is 14.6 Å². The number of hydroxylamine groups is 1. The fourth-order valence-electron chi connectivity index (χ4n) is 3.05. The summed E-state index contributed by atoms with van der Waals surface area (Å²) in [6, 6.07) is 14.2. The van der Waals surface area contributed by atoms with Crippen LogP contribution in [0.1, 0.15) is 12.0 Å². The molecule has 0 aliphatic carbocycles. The van der Waals surface area contributed by atoms with Gasteiger partial charge in [0.1, 0.15) is 0 Å². The molecule has 0 aromatic heterocycles. The summed E-state index contributed by atoms with van der Waals surface area (Å²) < 4.78 is 20.3. The Morgan fingerprint density at radius 2 is 2.04 bits per heavy atom. The van der Waals surface area contributed by atoms with Gasteiger partial charge in [0.05, 0.1) is 13.2 Å². The third-order valence-electron chi connectivity index (χ3n) is 4.28. The van der Waals surface area contributed by atoms with Crippen molar-refractivity contribution in [1.82, 2.24) is 10.2 Å². The molecular weight excluding hydrogens is 327 g/mol. The number of nitrogens with one attached hydrogen (secondary N) is 1. The molecule has 1 aliphatic rings. The zero-order valence-electron chi connectivity index (χ0n) is 13.4. The Morgan fingerprint density at radius 1 is 1.25 bits per heavy atom. The lowest BCUT2D eigenvalue weighted by Crippen LogP contribution is -2.38. The van der Waals surface area contributed by atoms with Gasteiger partial charge in [0.2, 0.25) is 0 Å². The summed E-state index contributed by atoms with van der Waals surface area (Å²) in [7, 11) is -3.07. The lowest BCUT2D eigenvalue weighted by molar-refractivity contribution is -0.129. The van der Waals surface area contributed by atoms with Crippen molar-refractivity contribution in [3.8, 4) is 0 Å². The number of rotatable bonds is 5. The predicted octanol–water partition coefficient (Wildman–Crippen LogP) is 2.80. The molecule has 1 saturated heterocycles. The topological polar surface area (TPSA) is 78.9 Å². The monoisotopic (exact) mass is 348 g/mol. The minimum Gasteiger partial charge on any atom is -0.317 e. The van der Waals surface area contributed by atoms with Gasteiger partial charge >= 0.3 is 0 Å². The molecule has 6 nitrogen and oxygen atoms in total. The van der Waals surface area contributed by atoms with Gasteiger partial charge in [0.15, 0.2) is 0 Å². The van der Waals surface area contributed by atoms with Gasteiger partial charge in [-0.15, -0.1) is 0 Å². The number of nitrogens with zero attached hydrogens (tertiary/aromatic N) is 1. The van der Waals surface area contributed by atoms with Crippen molar-refractivity contribution in [3.05, 3.63) is 48.0 Å². The van der Waals surface area contributed by atoms with Gasteiger partial charge in [-0.1, -0.05) is 42.5 Å². The van der Waals surface area contributed by atoms with Gasteiger partial charge in [-0.25, -0.2) is 10.2 Å². The Bertz CT molecular complexity index is 775. The first-order valence-corrected chi connectivity index (χ1v) is 9.77. The third-order valence-corrected chi connectivity index (χ3v) is 6.86. The minimum atomic E-state index is -3.07. The van der Waals surface area contributed by atoms with Crippen LogP contribution in [0.5, 0.6) is 0 Å². The highest BCUT2D eigenvalue weighted by Crippen LogP contribution is 2.53. The van der Waals surface area contributed by atoms with Crippen LogP contribution < -0.4 is 5.48 Å². The van der Waals surface area contributed by atoms with E-state index in [4.69, 9.17) is 9.73 Å². The molecule has 0 radical (unpaired) electrons. The standard InChI is InChI=1S/C17H21N2O4P/c20-17(18-21)13-19-10-4-11-23-24(19,22)12-9-15-7-3-6-14-5-1-2-8-16(14)15/h1-3,5-8,21H,4,9-13H2,(H,18,20). The molecule has 24 heavy (non-hydrogen) atoms. The number of carbonyl (C=O) groups is 1. The third kappa shape index (κ3) is 3.68. The van der Waals surface area contributed by atoms with E-state index in [1.807, 2.05) is 24.3 Å². The van der Waals surface area contributed by atoms with Gasteiger partial charge in [-0.2, -0.15) is 0 Å². The fraction of sp³-hybridized carbons (Fsp3) is 0.353. The Labute approximate surface area is 140 Å². The van der Waals surface area contributed by atoms with Crippen molar-refractivity contribution < 1.29 is 19.1 Å². The van der Waals surface area contributed by atoms with Crippen LogP contribution in [-0.4, -0.2) is 41.6 Å². The van der Waals surface area contributed by atoms with Crippen molar-refractivity contribution in [2.24, 2.45) is 0 Å². The van der Waals surface area contributed by atoms with Crippen molar-refractivity contribution in [2.75, 3.05) is 25.9 Å². The molecule has 2 N–H and O–H groups in total. The normalized spacial score (nSPS) is 21.7. The van der Waals surface area contributed by atoms with Crippen molar-refractivity contribution in [2.45, 2.75) is 12.8 Å². The van der Waals surface area contributed by atoms with Crippen LogP contribution >= 0.6 is 7.52 Å². The van der Waals surface area contributed by atoms with Gasteiger partial charge < -0.3 is 4.52 Å². The molecule has 7 heteroatoms. The highest BCUT2D eigenvalue weighted by Gasteiger charge is 2.35. The lowest BCUT2D eigenvalue weighted by Gasteiger charge is -2.34. The fourth-order valence-corrected chi connectivity index (χ4v) is 5.36. The van der Waals surface area contributed by atoms with Gasteiger partial charge in [0.25, 0.3) is 13.4 Å². The summed E-state index contributed by atoms with van der Waals surface area (Å²) in [5.74, 6) is -0.578. The summed E-state index contributed by atoms with van der Waals surface area (Å²) in [6.45, 7) is 0.841. The van der Waals surface area contributed by atoms with Crippen LogP contribution in [-0.2, 0) is 20.3 Å². The molecule has 1 heterocycles. The van der Waals surface area contributed by atoms with Gasteiger partial charge in [0, 0.05) is 12.7 Å². The molecule has 3 rings (SSSR count). The number of amides is 1. The molecular formula is C17H21N2O4P. The zero-order chi connectivity index (χ0) is 17.0. The Morgan fingerprint density at radius 3 is 2.88 bits per heavy atom. The number of carbonyl (C=O) groups excluding carboxylic acids is 1. The highest BCUT2D eigenvalue weighted by atomic mass is 31.2. The lowest BCUT2D eigenvalue weighted by atomic mass is 10.0. The molecule has 0 bridgehead atoms. The van der Waals surface area contributed by atoms with Crippen molar-refractivity contribution in [3.63, 3.8) is 0 Å². The summed E-state index contributed by atoms with van der Waals surface area (Å²) in [5.41, 5.74) is 2.71. The molecule has 1 amide bonds. The number of fused-ring (bicyclic) bond motifs is 1. The van der Waals surface area contributed by atoms with Gasteiger partial charge in [-0.05, 0) is 29.2 Å². The largest absolute Gasteiger partial charge is 0.317 e. The second kappa shape index (κ2) is 7.45.